The van der Waals surface area contributed by atoms with Gasteiger partial charge >= 0.3 is 0 Å². The van der Waals surface area contributed by atoms with Crippen LogP contribution in [0.3, 0.4) is 0 Å². The second-order valence-corrected chi connectivity index (χ2v) is 4.63. The molecule has 0 saturated heterocycles. The molecule has 0 atom stereocenters. The van der Waals surface area contributed by atoms with Crippen LogP contribution in [0.1, 0.15) is 24.8 Å². The second kappa shape index (κ2) is 4.11. The first-order chi connectivity index (χ1) is 7.16. The monoisotopic (exact) mass is 221 g/mol. The summed E-state index contributed by atoms with van der Waals surface area (Å²) in [5.74, 6) is 0.212. The molecule has 0 spiro atoms. The fourth-order valence-electron chi connectivity index (χ4n) is 1.33. The molecule has 0 fully saturated rings. The molecule has 0 aliphatic heterocycles. The van der Waals surface area contributed by atoms with Crippen molar-refractivity contribution in [2.45, 2.75) is 19.8 Å². The molecule has 0 aliphatic rings. The Hall–Kier alpha value is -1.22. The average Bonchev–Trinajstić information content (AvgIpc) is 2.66. The summed E-state index contributed by atoms with van der Waals surface area (Å²) in [5, 5.41) is 3.07. The van der Waals surface area contributed by atoms with Crippen molar-refractivity contribution in [3.05, 3.63) is 40.5 Å². The van der Waals surface area contributed by atoms with Gasteiger partial charge in [-0.1, -0.05) is 26.0 Å². The van der Waals surface area contributed by atoms with E-state index in [2.05, 4.69) is 18.8 Å². The van der Waals surface area contributed by atoms with E-state index >= 15 is 0 Å². The van der Waals surface area contributed by atoms with Crippen LogP contribution < -0.4 is 0 Å². The fraction of sp³-hybridized carbons (Fsp3) is 0.250. The van der Waals surface area contributed by atoms with Crippen molar-refractivity contribution < 1.29 is 4.39 Å². The van der Waals surface area contributed by atoms with E-state index in [-0.39, 0.29) is 5.82 Å². The summed E-state index contributed by atoms with van der Waals surface area (Å²) in [4.78, 5) is 4.47. The van der Waals surface area contributed by atoms with Crippen LogP contribution in [0.2, 0.25) is 0 Å². The van der Waals surface area contributed by atoms with Crippen molar-refractivity contribution in [1.82, 2.24) is 4.98 Å². The SMILES string of the molecule is CC(C)c1nc(-c2cccc(F)c2)cs1. The number of aromatic nitrogens is 1. The standard InChI is InChI=1S/C12H12FNS/c1-8(2)12-14-11(7-15-12)9-4-3-5-10(13)6-9/h3-8H,1-2H3. The van der Waals surface area contributed by atoms with E-state index in [0.29, 0.717) is 5.92 Å². The van der Waals surface area contributed by atoms with Crippen LogP contribution in [0.15, 0.2) is 29.6 Å². The molecule has 1 aromatic carbocycles. The molecule has 2 rings (SSSR count). The van der Waals surface area contributed by atoms with Crippen LogP contribution in [0.5, 0.6) is 0 Å². The van der Waals surface area contributed by atoms with Gasteiger partial charge in [-0.15, -0.1) is 11.3 Å². The minimum atomic E-state index is -0.216. The van der Waals surface area contributed by atoms with Crippen molar-refractivity contribution in [2.75, 3.05) is 0 Å². The summed E-state index contributed by atoms with van der Waals surface area (Å²) >= 11 is 1.62. The van der Waals surface area contributed by atoms with Crippen LogP contribution in [0.25, 0.3) is 11.3 Å². The zero-order chi connectivity index (χ0) is 10.8. The number of rotatable bonds is 2. The van der Waals surface area contributed by atoms with Gasteiger partial charge < -0.3 is 0 Å². The summed E-state index contributed by atoms with van der Waals surface area (Å²) in [7, 11) is 0. The topological polar surface area (TPSA) is 12.9 Å². The molecule has 0 aliphatic carbocycles. The van der Waals surface area contributed by atoms with E-state index < -0.39 is 0 Å². The third-order valence-electron chi connectivity index (χ3n) is 2.14. The molecular formula is C12H12FNS. The molecule has 0 bridgehead atoms. The molecule has 0 N–H and O–H groups in total. The highest BCUT2D eigenvalue weighted by atomic mass is 32.1. The normalized spacial score (nSPS) is 10.9. The number of benzene rings is 1. The molecule has 0 radical (unpaired) electrons. The predicted molar refractivity (Wildman–Crippen MR) is 61.6 cm³/mol. The van der Waals surface area contributed by atoms with Crippen LogP contribution in [0, 0.1) is 5.82 Å². The largest absolute Gasteiger partial charge is 0.241 e. The maximum Gasteiger partial charge on any atom is 0.123 e. The molecule has 0 saturated carbocycles. The Morgan fingerprint density at radius 3 is 2.73 bits per heavy atom. The lowest BCUT2D eigenvalue weighted by Gasteiger charge is -1.98. The summed E-state index contributed by atoms with van der Waals surface area (Å²) in [5.41, 5.74) is 1.71. The van der Waals surface area contributed by atoms with E-state index in [9.17, 15) is 4.39 Å². The maximum atomic E-state index is 13.0. The second-order valence-electron chi connectivity index (χ2n) is 3.74. The van der Waals surface area contributed by atoms with Crippen molar-refractivity contribution in [1.29, 1.82) is 0 Å². The van der Waals surface area contributed by atoms with Gasteiger partial charge in [-0.3, -0.25) is 0 Å². The Morgan fingerprint density at radius 2 is 2.13 bits per heavy atom. The minimum Gasteiger partial charge on any atom is -0.241 e. The molecule has 78 valence electrons. The van der Waals surface area contributed by atoms with Gasteiger partial charge in [0.05, 0.1) is 10.7 Å². The van der Waals surface area contributed by atoms with Crippen LogP contribution >= 0.6 is 11.3 Å². The van der Waals surface area contributed by atoms with E-state index in [4.69, 9.17) is 0 Å². The molecular weight excluding hydrogens is 209 g/mol. The van der Waals surface area contributed by atoms with Crippen molar-refractivity contribution in [3.63, 3.8) is 0 Å². The van der Waals surface area contributed by atoms with Gasteiger partial charge in [0.1, 0.15) is 5.82 Å². The summed E-state index contributed by atoms with van der Waals surface area (Å²) < 4.78 is 13.0. The van der Waals surface area contributed by atoms with Gasteiger partial charge in [-0.25, -0.2) is 9.37 Å². The highest BCUT2D eigenvalue weighted by molar-refractivity contribution is 7.10. The number of thiazole rings is 1. The molecule has 0 unspecified atom stereocenters. The predicted octanol–water partition coefficient (Wildman–Crippen LogP) is 4.07. The number of nitrogens with zero attached hydrogens (tertiary/aromatic N) is 1. The van der Waals surface area contributed by atoms with Crippen LogP contribution in [0.4, 0.5) is 4.39 Å². The number of halogens is 1. The first kappa shape index (κ1) is 10.3. The van der Waals surface area contributed by atoms with Gasteiger partial charge in [0, 0.05) is 16.9 Å². The third kappa shape index (κ3) is 2.23. The number of hydrogen-bond acceptors (Lipinski definition) is 2. The molecule has 1 nitrogen and oxygen atoms in total. The summed E-state index contributed by atoms with van der Waals surface area (Å²) in [6, 6.07) is 6.54. The highest BCUT2D eigenvalue weighted by Gasteiger charge is 2.07. The van der Waals surface area contributed by atoms with E-state index in [1.807, 2.05) is 11.4 Å². The lowest BCUT2D eigenvalue weighted by Crippen LogP contribution is -1.86. The average molecular weight is 221 g/mol. The smallest absolute Gasteiger partial charge is 0.123 e. The Balaban J connectivity index is 2.37. The first-order valence-corrected chi connectivity index (χ1v) is 5.76. The van der Waals surface area contributed by atoms with Crippen LogP contribution in [-0.4, -0.2) is 4.98 Å². The van der Waals surface area contributed by atoms with Crippen molar-refractivity contribution in [2.24, 2.45) is 0 Å². The summed E-state index contributed by atoms with van der Waals surface area (Å²) in [6.07, 6.45) is 0. The Bertz CT molecular complexity index is 462. The van der Waals surface area contributed by atoms with Gasteiger partial charge in [-0.05, 0) is 12.1 Å². The molecule has 15 heavy (non-hydrogen) atoms. The Morgan fingerprint density at radius 1 is 1.33 bits per heavy atom. The molecule has 3 heteroatoms. The Labute approximate surface area is 92.6 Å². The van der Waals surface area contributed by atoms with Gasteiger partial charge in [0.25, 0.3) is 0 Å². The third-order valence-corrected chi connectivity index (χ3v) is 3.28. The van der Waals surface area contributed by atoms with E-state index in [1.165, 1.54) is 12.1 Å². The van der Waals surface area contributed by atoms with Crippen molar-refractivity contribution >= 4 is 11.3 Å². The zero-order valence-corrected chi connectivity index (χ0v) is 9.51. The van der Waals surface area contributed by atoms with Crippen molar-refractivity contribution in [3.8, 4) is 11.3 Å². The lowest BCUT2D eigenvalue weighted by atomic mass is 10.2. The highest BCUT2D eigenvalue weighted by Crippen LogP contribution is 2.26. The fourth-order valence-corrected chi connectivity index (χ4v) is 2.18. The van der Waals surface area contributed by atoms with Gasteiger partial charge in [-0.2, -0.15) is 0 Å². The maximum absolute atomic E-state index is 13.0. The minimum absolute atomic E-state index is 0.216. The molecule has 2 aromatic rings. The van der Waals surface area contributed by atoms with E-state index in [0.717, 1.165) is 16.3 Å². The zero-order valence-electron chi connectivity index (χ0n) is 8.70. The molecule has 1 heterocycles. The van der Waals surface area contributed by atoms with E-state index in [1.54, 1.807) is 17.4 Å². The van der Waals surface area contributed by atoms with Gasteiger partial charge in [0.2, 0.25) is 0 Å². The first-order valence-electron chi connectivity index (χ1n) is 4.88. The van der Waals surface area contributed by atoms with Gasteiger partial charge in [0.15, 0.2) is 0 Å². The molecule has 1 aromatic heterocycles. The lowest BCUT2D eigenvalue weighted by molar-refractivity contribution is 0.628. The summed E-state index contributed by atoms with van der Waals surface area (Å²) in [6.45, 7) is 4.21. The molecule has 0 amide bonds. The number of hydrogen-bond donors (Lipinski definition) is 0. The van der Waals surface area contributed by atoms with Crippen LogP contribution in [-0.2, 0) is 0 Å². The Kier molecular flexibility index (Phi) is 2.82. The quantitative estimate of drug-likeness (QED) is 0.744.